The number of aliphatic hydroxyl groups excluding tert-OH is 1. The van der Waals surface area contributed by atoms with Crippen LogP contribution in [-0.2, 0) is 6.61 Å². The van der Waals surface area contributed by atoms with Crippen LogP contribution >= 0.6 is 11.6 Å². The summed E-state index contributed by atoms with van der Waals surface area (Å²) in [6, 6.07) is 1.58. The number of nitrogen functional groups attached to an aromatic ring is 1. The lowest BCUT2D eigenvalue weighted by molar-refractivity contribution is 0.277. The van der Waals surface area contributed by atoms with Crippen LogP contribution in [0.4, 0.5) is 5.69 Å². The van der Waals surface area contributed by atoms with Crippen molar-refractivity contribution >= 4 is 17.3 Å². The van der Waals surface area contributed by atoms with Gasteiger partial charge in [0.15, 0.2) is 0 Å². The molecule has 0 atom stereocenters. The Hall–Kier alpha value is -0.800. The van der Waals surface area contributed by atoms with E-state index in [-0.39, 0.29) is 6.61 Å². The van der Waals surface area contributed by atoms with E-state index in [4.69, 9.17) is 22.4 Å². The zero-order chi connectivity index (χ0) is 7.56. The second-order valence-corrected chi connectivity index (χ2v) is 2.20. The Bertz CT molecular complexity index is 239. The van der Waals surface area contributed by atoms with E-state index in [1.165, 1.54) is 6.20 Å². The van der Waals surface area contributed by atoms with Crippen LogP contribution in [0.15, 0.2) is 12.3 Å². The maximum Gasteiger partial charge on any atom is 0.0874 e. The first-order valence-corrected chi connectivity index (χ1v) is 3.13. The molecule has 0 saturated carbocycles. The molecule has 0 fully saturated rings. The number of aliphatic hydroxyl groups is 1. The average molecular weight is 159 g/mol. The van der Waals surface area contributed by atoms with Crippen molar-refractivity contribution in [2.24, 2.45) is 0 Å². The average Bonchev–Trinajstić information content (AvgIpc) is 1.95. The second kappa shape index (κ2) is 2.86. The number of pyridine rings is 1. The minimum absolute atomic E-state index is 0.177. The Morgan fingerprint density at radius 1 is 1.70 bits per heavy atom. The molecule has 0 bridgehead atoms. The van der Waals surface area contributed by atoms with E-state index in [1.807, 2.05) is 0 Å². The molecule has 0 unspecified atom stereocenters. The van der Waals surface area contributed by atoms with E-state index >= 15 is 0 Å². The predicted octanol–water partition coefficient (Wildman–Crippen LogP) is 0.809. The largest absolute Gasteiger partial charge is 0.397 e. The molecule has 0 aliphatic rings. The third kappa shape index (κ3) is 1.20. The van der Waals surface area contributed by atoms with E-state index in [0.29, 0.717) is 16.4 Å². The molecule has 1 aromatic heterocycles. The second-order valence-electron chi connectivity index (χ2n) is 1.82. The van der Waals surface area contributed by atoms with Crippen molar-refractivity contribution in [3.05, 3.63) is 23.0 Å². The molecule has 1 rings (SSSR count). The molecule has 1 aromatic rings. The summed E-state index contributed by atoms with van der Waals surface area (Å²) in [5.41, 5.74) is 6.28. The minimum Gasteiger partial charge on any atom is -0.397 e. The number of nitrogens with zero attached hydrogens (tertiary/aromatic N) is 1. The molecule has 10 heavy (non-hydrogen) atoms. The highest BCUT2D eigenvalue weighted by molar-refractivity contribution is 6.33. The maximum absolute atomic E-state index is 8.64. The molecular formula is C6H7ClN2O. The Morgan fingerprint density at radius 2 is 2.40 bits per heavy atom. The van der Waals surface area contributed by atoms with Crippen molar-refractivity contribution < 1.29 is 5.11 Å². The monoisotopic (exact) mass is 158 g/mol. The predicted molar refractivity (Wildman–Crippen MR) is 39.6 cm³/mol. The van der Waals surface area contributed by atoms with Gasteiger partial charge >= 0.3 is 0 Å². The summed E-state index contributed by atoms with van der Waals surface area (Å²) >= 11 is 5.65. The van der Waals surface area contributed by atoms with Gasteiger partial charge in [-0.25, -0.2) is 0 Å². The molecule has 0 amide bonds. The Balaban J connectivity index is 3.14. The third-order valence-corrected chi connectivity index (χ3v) is 1.58. The lowest BCUT2D eigenvalue weighted by Crippen LogP contribution is -1.94. The van der Waals surface area contributed by atoms with Gasteiger partial charge in [0.1, 0.15) is 0 Å². The van der Waals surface area contributed by atoms with Crippen molar-refractivity contribution in [2.75, 3.05) is 5.73 Å². The molecule has 3 N–H and O–H groups in total. The van der Waals surface area contributed by atoms with Crippen LogP contribution in [-0.4, -0.2) is 10.1 Å². The quantitative estimate of drug-likeness (QED) is 0.636. The molecule has 3 nitrogen and oxygen atoms in total. The lowest BCUT2D eigenvalue weighted by atomic mass is 10.3. The minimum atomic E-state index is -0.177. The number of hydrogen-bond donors (Lipinski definition) is 2. The van der Waals surface area contributed by atoms with E-state index < -0.39 is 0 Å². The molecule has 54 valence electrons. The van der Waals surface area contributed by atoms with Gasteiger partial charge in [0, 0.05) is 6.20 Å². The van der Waals surface area contributed by atoms with Gasteiger partial charge in [-0.2, -0.15) is 0 Å². The van der Waals surface area contributed by atoms with Gasteiger partial charge in [-0.1, -0.05) is 11.6 Å². The summed E-state index contributed by atoms with van der Waals surface area (Å²) in [5.74, 6) is 0. The fraction of sp³-hybridized carbons (Fsp3) is 0.167. The Labute approximate surface area is 63.5 Å². The lowest BCUT2D eigenvalue weighted by Gasteiger charge is -2.00. The first-order valence-electron chi connectivity index (χ1n) is 2.75. The van der Waals surface area contributed by atoms with Crippen molar-refractivity contribution in [1.82, 2.24) is 4.98 Å². The van der Waals surface area contributed by atoms with Crippen molar-refractivity contribution in [1.29, 1.82) is 0 Å². The molecule has 0 aliphatic heterocycles. The fourth-order valence-electron chi connectivity index (χ4n) is 0.614. The Kier molecular flexibility index (Phi) is 2.09. The maximum atomic E-state index is 8.64. The number of rotatable bonds is 1. The number of anilines is 1. The molecule has 0 saturated heterocycles. The first kappa shape index (κ1) is 7.31. The van der Waals surface area contributed by atoms with Crippen LogP contribution in [0.5, 0.6) is 0 Å². The number of nitrogens with two attached hydrogens (primary N) is 1. The summed E-state index contributed by atoms with van der Waals surface area (Å²) in [6.45, 7) is -0.177. The highest BCUT2D eigenvalue weighted by Crippen LogP contribution is 2.20. The summed E-state index contributed by atoms with van der Waals surface area (Å²) < 4.78 is 0. The fourth-order valence-corrected chi connectivity index (χ4v) is 0.786. The van der Waals surface area contributed by atoms with Gasteiger partial charge in [-0.3, -0.25) is 4.98 Å². The van der Waals surface area contributed by atoms with Crippen molar-refractivity contribution in [3.63, 3.8) is 0 Å². The summed E-state index contributed by atoms with van der Waals surface area (Å²) in [6.07, 6.45) is 1.51. The van der Waals surface area contributed by atoms with Crippen LogP contribution in [0.1, 0.15) is 5.69 Å². The van der Waals surface area contributed by atoms with Gasteiger partial charge in [-0.05, 0) is 6.07 Å². The molecule has 0 aliphatic carbocycles. The molecule has 4 heteroatoms. The molecular weight excluding hydrogens is 152 g/mol. The van der Waals surface area contributed by atoms with Crippen LogP contribution in [0, 0.1) is 0 Å². The van der Waals surface area contributed by atoms with Crippen LogP contribution < -0.4 is 5.73 Å². The van der Waals surface area contributed by atoms with Gasteiger partial charge in [0.2, 0.25) is 0 Å². The number of hydrogen-bond acceptors (Lipinski definition) is 3. The van der Waals surface area contributed by atoms with Gasteiger partial charge in [0.25, 0.3) is 0 Å². The first-order chi connectivity index (χ1) is 4.75. The molecule has 0 radical (unpaired) electrons. The van der Waals surface area contributed by atoms with Gasteiger partial charge < -0.3 is 10.8 Å². The SMILES string of the molecule is Nc1ccnc(CO)c1Cl. The van der Waals surface area contributed by atoms with E-state index in [9.17, 15) is 0 Å². The summed E-state index contributed by atoms with van der Waals surface area (Å²) in [7, 11) is 0. The van der Waals surface area contributed by atoms with Crippen molar-refractivity contribution in [2.45, 2.75) is 6.61 Å². The van der Waals surface area contributed by atoms with E-state index in [2.05, 4.69) is 4.98 Å². The topological polar surface area (TPSA) is 59.1 Å². The zero-order valence-corrected chi connectivity index (χ0v) is 5.97. The zero-order valence-electron chi connectivity index (χ0n) is 5.21. The normalized spacial score (nSPS) is 9.80. The Morgan fingerprint density at radius 3 is 2.90 bits per heavy atom. The molecule has 0 aromatic carbocycles. The smallest absolute Gasteiger partial charge is 0.0874 e. The number of halogens is 1. The van der Waals surface area contributed by atoms with Crippen LogP contribution in [0.2, 0.25) is 5.02 Å². The van der Waals surface area contributed by atoms with E-state index in [0.717, 1.165) is 0 Å². The van der Waals surface area contributed by atoms with Crippen LogP contribution in [0.3, 0.4) is 0 Å². The summed E-state index contributed by atoms with van der Waals surface area (Å²) in [5, 5.41) is 8.98. The highest BCUT2D eigenvalue weighted by Gasteiger charge is 2.01. The van der Waals surface area contributed by atoms with Gasteiger partial charge in [-0.15, -0.1) is 0 Å². The standard InChI is InChI=1S/C6H7ClN2O/c7-6-4(8)1-2-9-5(6)3-10/h1-2,10H,3H2,(H2,8,9). The van der Waals surface area contributed by atoms with Crippen LogP contribution in [0.25, 0.3) is 0 Å². The molecule has 0 spiro atoms. The third-order valence-electron chi connectivity index (χ3n) is 1.14. The highest BCUT2D eigenvalue weighted by atomic mass is 35.5. The van der Waals surface area contributed by atoms with E-state index in [1.54, 1.807) is 6.07 Å². The summed E-state index contributed by atoms with van der Waals surface area (Å²) in [4.78, 5) is 3.80. The molecule has 1 heterocycles. The van der Waals surface area contributed by atoms with Crippen molar-refractivity contribution in [3.8, 4) is 0 Å². The van der Waals surface area contributed by atoms with Gasteiger partial charge in [0.05, 0.1) is 23.0 Å². The number of aromatic nitrogens is 1.